The second-order valence-corrected chi connectivity index (χ2v) is 4.02. The number of ether oxygens (including phenoxy) is 1. The van der Waals surface area contributed by atoms with Crippen LogP contribution in [0.1, 0.15) is 10.4 Å². The summed E-state index contributed by atoms with van der Waals surface area (Å²) in [6.45, 7) is 0. The molecular weight excluding hydrogens is 254 g/mol. The Labute approximate surface area is 109 Å². The van der Waals surface area contributed by atoms with Crippen molar-refractivity contribution in [1.82, 2.24) is 0 Å². The van der Waals surface area contributed by atoms with Gasteiger partial charge in [-0.05, 0) is 30.3 Å². The van der Waals surface area contributed by atoms with E-state index < -0.39 is 5.97 Å². The second-order valence-electron chi connectivity index (χ2n) is 3.59. The molecule has 0 aliphatic heterocycles. The molecule has 3 N–H and O–H groups in total. The smallest absolute Gasteiger partial charge is 0.339 e. The van der Waals surface area contributed by atoms with Crippen molar-refractivity contribution < 1.29 is 14.6 Å². The number of carboxylic acid groups (broad SMARTS) is 1. The molecule has 18 heavy (non-hydrogen) atoms. The van der Waals surface area contributed by atoms with Gasteiger partial charge in [0.2, 0.25) is 0 Å². The molecule has 0 saturated carbocycles. The molecule has 0 heterocycles. The molecule has 0 unspecified atom stereocenters. The van der Waals surface area contributed by atoms with Crippen LogP contribution in [0.5, 0.6) is 11.5 Å². The van der Waals surface area contributed by atoms with Crippen LogP contribution in [0.2, 0.25) is 5.02 Å². The van der Waals surface area contributed by atoms with Crippen molar-refractivity contribution in [3.05, 3.63) is 53.1 Å². The number of hydrogen-bond acceptors (Lipinski definition) is 3. The normalized spacial score (nSPS) is 10.1. The van der Waals surface area contributed by atoms with Gasteiger partial charge in [-0.25, -0.2) is 4.79 Å². The fourth-order valence-electron chi connectivity index (χ4n) is 1.49. The van der Waals surface area contributed by atoms with Gasteiger partial charge < -0.3 is 15.6 Å². The highest BCUT2D eigenvalue weighted by atomic mass is 35.5. The van der Waals surface area contributed by atoms with E-state index in [4.69, 9.17) is 27.2 Å². The van der Waals surface area contributed by atoms with E-state index in [2.05, 4.69) is 0 Å². The van der Waals surface area contributed by atoms with Crippen molar-refractivity contribution in [3.8, 4) is 11.5 Å². The number of para-hydroxylation sites is 1. The summed E-state index contributed by atoms with van der Waals surface area (Å²) >= 11 is 5.83. The van der Waals surface area contributed by atoms with Crippen molar-refractivity contribution >= 4 is 23.3 Å². The van der Waals surface area contributed by atoms with E-state index in [1.807, 2.05) is 0 Å². The van der Waals surface area contributed by atoms with Crippen LogP contribution in [0.15, 0.2) is 42.5 Å². The van der Waals surface area contributed by atoms with E-state index in [1.165, 1.54) is 6.07 Å². The molecule has 0 aliphatic rings. The maximum Gasteiger partial charge on any atom is 0.339 e. The first-order chi connectivity index (χ1) is 8.58. The zero-order valence-corrected chi connectivity index (χ0v) is 10.0. The van der Waals surface area contributed by atoms with Gasteiger partial charge in [0.15, 0.2) is 5.75 Å². The van der Waals surface area contributed by atoms with Crippen molar-refractivity contribution in [1.29, 1.82) is 0 Å². The molecule has 0 radical (unpaired) electrons. The van der Waals surface area contributed by atoms with Gasteiger partial charge in [-0.3, -0.25) is 0 Å². The van der Waals surface area contributed by atoms with E-state index in [0.29, 0.717) is 10.8 Å². The summed E-state index contributed by atoms with van der Waals surface area (Å²) in [6.07, 6.45) is 0. The maximum atomic E-state index is 11.1. The zero-order chi connectivity index (χ0) is 13.1. The second kappa shape index (κ2) is 4.98. The van der Waals surface area contributed by atoms with Crippen LogP contribution in [-0.4, -0.2) is 11.1 Å². The van der Waals surface area contributed by atoms with Gasteiger partial charge in [-0.1, -0.05) is 23.7 Å². The minimum atomic E-state index is -1.10. The fourth-order valence-corrected chi connectivity index (χ4v) is 1.67. The predicted molar refractivity (Wildman–Crippen MR) is 69.3 cm³/mol. The number of hydrogen-bond donors (Lipinski definition) is 2. The number of benzene rings is 2. The third kappa shape index (κ3) is 2.55. The molecule has 2 aromatic carbocycles. The number of nitrogen functional groups attached to an aromatic ring is 1. The summed E-state index contributed by atoms with van der Waals surface area (Å²) in [5, 5.41) is 9.56. The van der Waals surface area contributed by atoms with E-state index in [0.717, 1.165) is 0 Å². The summed E-state index contributed by atoms with van der Waals surface area (Å²) < 4.78 is 5.49. The molecule has 2 rings (SSSR count). The highest BCUT2D eigenvalue weighted by Crippen LogP contribution is 2.32. The van der Waals surface area contributed by atoms with Crippen LogP contribution in [0.3, 0.4) is 0 Å². The lowest BCUT2D eigenvalue weighted by atomic mass is 10.1. The monoisotopic (exact) mass is 263 g/mol. The molecule has 4 nitrogen and oxygen atoms in total. The van der Waals surface area contributed by atoms with Crippen molar-refractivity contribution in [2.75, 3.05) is 5.73 Å². The van der Waals surface area contributed by atoms with E-state index >= 15 is 0 Å². The Kier molecular flexibility index (Phi) is 3.39. The Bertz CT molecular complexity index is 599. The van der Waals surface area contributed by atoms with Gasteiger partial charge in [0.25, 0.3) is 0 Å². The van der Waals surface area contributed by atoms with Gasteiger partial charge in [-0.2, -0.15) is 0 Å². The predicted octanol–water partition coefficient (Wildman–Crippen LogP) is 3.41. The first-order valence-electron chi connectivity index (χ1n) is 5.13. The maximum absolute atomic E-state index is 11.1. The van der Waals surface area contributed by atoms with Crippen LogP contribution < -0.4 is 10.5 Å². The lowest BCUT2D eigenvalue weighted by Crippen LogP contribution is -2.02. The molecule has 0 saturated heterocycles. The number of carboxylic acids is 1. The topological polar surface area (TPSA) is 72.6 Å². The van der Waals surface area contributed by atoms with Crippen LogP contribution >= 0.6 is 11.6 Å². The van der Waals surface area contributed by atoms with Gasteiger partial charge >= 0.3 is 5.97 Å². The molecule has 0 aliphatic carbocycles. The summed E-state index contributed by atoms with van der Waals surface area (Å²) in [7, 11) is 0. The summed E-state index contributed by atoms with van der Waals surface area (Å²) in [6, 6.07) is 11.2. The van der Waals surface area contributed by atoms with Crippen LogP contribution in [0.4, 0.5) is 5.69 Å². The average molecular weight is 264 g/mol. The molecule has 0 amide bonds. The summed E-state index contributed by atoms with van der Waals surface area (Å²) in [4.78, 5) is 11.1. The van der Waals surface area contributed by atoms with E-state index in [1.54, 1.807) is 36.4 Å². The number of nitrogens with two attached hydrogens (primary N) is 1. The first-order valence-corrected chi connectivity index (χ1v) is 5.51. The molecule has 5 heteroatoms. The van der Waals surface area contributed by atoms with Crippen LogP contribution in [0, 0.1) is 0 Å². The highest BCUT2D eigenvalue weighted by Gasteiger charge is 2.14. The Morgan fingerprint density at radius 3 is 2.61 bits per heavy atom. The lowest BCUT2D eigenvalue weighted by Gasteiger charge is -2.11. The summed E-state index contributed by atoms with van der Waals surface area (Å²) in [5.41, 5.74) is 5.99. The van der Waals surface area contributed by atoms with Gasteiger partial charge in [0.05, 0.1) is 5.69 Å². The largest absolute Gasteiger partial charge is 0.478 e. The molecule has 0 fully saturated rings. The quantitative estimate of drug-likeness (QED) is 0.833. The average Bonchev–Trinajstić information content (AvgIpc) is 2.31. The van der Waals surface area contributed by atoms with Crippen molar-refractivity contribution in [2.45, 2.75) is 0 Å². The number of halogens is 1. The Morgan fingerprint density at radius 2 is 1.94 bits per heavy atom. The van der Waals surface area contributed by atoms with Crippen LogP contribution in [-0.2, 0) is 0 Å². The van der Waals surface area contributed by atoms with Crippen molar-refractivity contribution in [2.24, 2.45) is 0 Å². The fraction of sp³-hybridized carbons (Fsp3) is 0. The minimum absolute atomic E-state index is 0.00924. The minimum Gasteiger partial charge on any atom is -0.478 e. The zero-order valence-electron chi connectivity index (χ0n) is 9.26. The molecule has 0 atom stereocenters. The molecular formula is C13H10ClNO3. The molecule has 0 aromatic heterocycles. The van der Waals surface area contributed by atoms with E-state index in [-0.39, 0.29) is 17.0 Å². The number of carbonyl (C=O) groups is 1. The van der Waals surface area contributed by atoms with Crippen molar-refractivity contribution in [3.63, 3.8) is 0 Å². The third-order valence-electron chi connectivity index (χ3n) is 2.29. The Morgan fingerprint density at radius 1 is 1.22 bits per heavy atom. The first kappa shape index (κ1) is 12.3. The molecule has 0 bridgehead atoms. The lowest BCUT2D eigenvalue weighted by molar-refractivity contribution is 0.0694. The molecule has 2 aromatic rings. The number of rotatable bonds is 3. The molecule has 92 valence electrons. The Balaban J connectivity index is 2.42. The van der Waals surface area contributed by atoms with Gasteiger partial charge in [-0.15, -0.1) is 0 Å². The Hall–Kier alpha value is -2.20. The van der Waals surface area contributed by atoms with Gasteiger partial charge in [0.1, 0.15) is 11.3 Å². The number of aromatic carboxylic acids is 1. The molecule has 0 spiro atoms. The van der Waals surface area contributed by atoms with E-state index in [9.17, 15) is 4.79 Å². The SMILES string of the molecule is Nc1cccc(C(=O)O)c1Oc1cccc(Cl)c1. The highest BCUT2D eigenvalue weighted by molar-refractivity contribution is 6.30. The van der Waals surface area contributed by atoms with Gasteiger partial charge in [0, 0.05) is 5.02 Å². The number of anilines is 1. The third-order valence-corrected chi connectivity index (χ3v) is 2.53. The summed E-state index contributed by atoms with van der Waals surface area (Å²) in [5.74, 6) is -0.547. The van der Waals surface area contributed by atoms with Crippen LogP contribution in [0.25, 0.3) is 0 Å². The standard InChI is InChI=1S/C13H10ClNO3/c14-8-3-1-4-9(7-8)18-12-10(13(16)17)5-2-6-11(12)15/h1-7H,15H2,(H,16,17).